The van der Waals surface area contributed by atoms with Gasteiger partial charge < -0.3 is 15.8 Å². The van der Waals surface area contributed by atoms with E-state index in [-0.39, 0.29) is 5.91 Å². The summed E-state index contributed by atoms with van der Waals surface area (Å²) in [7, 11) is 0. The summed E-state index contributed by atoms with van der Waals surface area (Å²) < 4.78 is 5.64. The van der Waals surface area contributed by atoms with Gasteiger partial charge in [0.05, 0.1) is 5.54 Å². The smallest absolute Gasteiger partial charge is 0.237 e. The SMILES string of the molecule is CCCNC(C)(CCCOCCC1CCC1)C(N)=O. The van der Waals surface area contributed by atoms with E-state index in [0.717, 1.165) is 44.9 Å². The molecular formula is C15H30N2O2. The first kappa shape index (κ1) is 16.4. The quantitative estimate of drug-likeness (QED) is 0.566. The topological polar surface area (TPSA) is 64.3 Å². The maximum absolute atomic E-state index is 11.5. The van der Waals surface area contributed by atoms with Gasteiger partial charge in [-0.2, -0.15) is 0 Å². The molecule has 0 aromatic carbocycles. The molecule has 0 bridgehead atoms. The monoisotopic (exact) mass is 270 g/mol. The second kappa shape index (κ2) is 8.54. The van der Waals surface area contributed by atoms with Crippen LogP contribution in [-0.2, 0) is 9.53 Å². The first-order chi connectivity index (χ1) is 9.08. The lowest BCUT2D eigenvalue weighted by atomic mass is 9.83. The zero-order chi connectivity index (χ0) is 14.1. The van der Waals surface area contributed by atoms with E-state index in [0.29, 0.717) is 0 Å². The third-order valence-electron chi connectivity index (χ3n) is 4.17. The number of amides is 1. The van der Waals surface area contributed by atoms with Crippen LogP contribution in [0, 0.1) is 5.92 Å². The van der Waals surface area contributed by atoms with Gasteiger partial charge in [-0.3, -0.25) is 4.79 Å². The van der Waals surface area contributed by atoms with Gasteiger partial charge in [-0.15, -0.1) is 0 Å². The highest BCUT2D eigenvalue weighted by Crippen LogP contribution is 2.29. The molecule has 1 saturated carbocycles. The van der Waals surface area contributed by atoms with E-state index in [1.807, 2.05) is 6.92 Å². The summed E-state index contributed by atoms with van der Waals surface area (Å²) in [4.78, 5) is 11.5. The number of ether oxygens (including phenoxy) is 1. The van der Waals surface area contributed by atoms with Gasteiger partial charge in [0.2, 0.25) is 5.91 Å². The third kappa shape index (κ3) is 5.91. The molecule has 1 aliphatic carbocycles. The predicted molar refractivity (Wildman–Crippen MR) is 77.9 cm³/mol. The number of nitrogens with two attached hydrogens (primary N) is 1. The Morgan fingerprint density at radius 3 is 2.68 bits per heavy atom. The van der Waals surface area contributed by atoms with Gasteiger partial charge >= 0.3 is 0 Å². The molecule has 3 N–H and O–H groups in total. The third-order valence-corrected chi connectivity index (χ3v) is 4.17. The Labute approximate surface area is 117 Å². The van der Waals surface area contributed by atoms with Crippen LogP contribution in [0.2, 0.25) is 0 Å². The molecule has 0 radical (unpaired) electrons. The molecular weight excluding hydrogens is 240 g/mol. The van der Waals surface area contributed by atoms with Gasteiger partial charge in [0.25, 0.3) is 0 Å². The van der Waals surface area contributed by atoms with Gasteiger partial charge in [0.1, 0.15) is 0 Å². The van der Waals surface area contributed by atoms with Crippen molar-refractivity contribution < 1.29 is 9.53 Å². The van der Waals surface area contributed by atoms with Gasteiger partial charge in [0.15, 0.2) is 0 Å². The minimum Gasteiger partial charge on any atom is -0.381 e. The lowest BCUT2D eigenvalue weighted by Gasteiger charge is -2.27. The van der Waals surface area contributed by atoms with Crippen LogP contribution in [0.4, 0.5) is 0 Å². The highest BCUT2D eigenvalue weighted by molar-refractivity contribution is 5.84. The van der Waals surface area contributed by atoms with Crippen LogP contribution in [0.5, 0.6) is 0 Å². The summed E-state index contributed by atoms with van der Waals surface area (Å²) in [6.07, 6.45) is 7.97. The van der Waals surface area contributed by atoms with E-state index in [4.69, 9.17) is 10.5 Å². The minimum absolute atomic E-state index is 0.268. The molecule has 0 heterocycles. The van der Waals surface area contributed by atoms with Crippen LogP contribution in [0.15, 0.2) is 0 Å². The maximum Gasteiger partial charge on any atom is 0.237 e. The number of hydrogen-bond donors (Lipinski definition) is 2. The van der Waals surface area contributed by atoms with Gasteiger partial charge in [0, 0.05) is 13.2 Å². The molecule has 0 aliphatic heterocycles. The molecule has 0 aromatic rings. The number of carbonyl (C=O) groups excluding carboxylic acids is 1. The van der Waals surface area contributed by atoms with Gasteiger partial charge in [-0.1, -0.05) is 26.2 Å². The zero-order valence-corrected chi connectivity index (χ0v) is 12.5. The van der Waals surface area contributed by atoms with Crippen molar-refractivity contribution in [3.8, 4) is 0 Å². The van der Waals surface area contributed by atoms with Crippen LogP contribution in [-0.4, -0.2) is 31.2 Å². The molecule has 1 unspecified atom stereocenters. The van der Waals surface area contributed by atoms with E-state index >= 15 is 0 Å². The van der Waals surface area contributed by atoms with Crippen LogP contribution < -0.4 is 11.1 Å². The molecule has 19 heavy (non-hydrogen) atoms. The van der Waals surface area contributed by atoms with Crippen LogP contribution in [0.25, 0.3) is 0 Å². The van der Waals surface area contributed by atoms with E-state index in [9.17, 15) is 4.79 Å². The molecule has 1 rings (SSSR count). The molecule has 1 fully saturated rings. The van der Waals surface area contributed by atoms with Crippen molar-refractivity contribution in [2.45, 2.75) is 64.3 Å². The number of primary amides is 1. The first-order valence-corrected chi connectivity index (χ1v) is 7.71. The highest BCUT2D eigenvalue weighted by Gasteiger charge is 2.29. The molecule has 0 aromatic heterocycles. The highest BCUT2D eigenvalue weighted by atomic mass is 16.5. The Hall–Kier alpha value is -0.610. The van der Waals surface area contributed by atoms with E-state index < -0.39 is 5.54 Å². The van der Waals surface area contributed by atoms with Crippen molar-refractivity contribution in [2.75, 3.05) is 19.8 Å². The summed E-state index contributed by atoms with van der Waals surface area (Å²) >= 11 is 0. The second-order valence-corrected chi connectivity index (χ2v) is 5.92. The van der Waals surface area contributed by atoms with Crippen molar-refractivity contribution in [1.29, 1.82) is 0 Å². The molecule has 4 nitrogen and oxygen atoms in total. The Morgan fingerprint density at radius 2 is 2.16 bits per heavy atom. The predicted octanol–water partition coefficient (Wildman–Crippen LogP) is 2.22. The second-order valence-electron chi connectivity index (χ2n) is 5.92. The van der Waals surface area contributed by atoms with E-state index in [1.54, 1.807) is 0 Å². The fourth-order valence-corrected chi connectivity index (χ4v) is 2.36. The van der Waals surface area contributed by atoms with Crippen LogP contribution in [0.3, 0.4) is 0 Å². The molecule has 1 atom stereocenters. The van der Waals surface area contributed by atoms with Crippen LogP contribution in [0.1, 0.15) is 58.8 Å². The lowest BCUT2D eigenvalue weighted by Crippen LogP contribution is -2.53. The number of carbonyl (C=O) groups is 1. The van der Waals surface area contributed by atoms with Crippen molar-refractivity contribution in [3.63, 3.8) is 0 Å². The van der Waals surface area contributed by atoms with Crippen molar-refractivity contribution in [3.05, 3.63) is 0 Å². The maximum atomic E-state index is 11.5. The zero-order valence-electron chi connectivity index (χ0n) is 12.5. The standard InChI is InChI=1S/C15H30N2O2/c1-3-10-17-15(2,14(16)18)9-5-11-19-12-8-13-6-4-7-13/h13,17H,3-12H2,1-2H3,(H2,16,18). The van der Waals surface area contributed by atoms with Crippen molar-refractivity contribution in [1.82, 2.24) is 5.32 Å². The summed E-state index contributed by atoms with van der Waals surface area (Å²) in [5.41, 5.74) is 4.89. The normalized spacial score (nSPS) is 18.8. The van der Waals surface area contributed by atoms with Crippen molar-refractivity contribution >= 4 is 5.91 Å². The fraction of sp³-hybridized carbons (Fsp3) is 0.933. The first-order valence-electron chi connectivity index (χ1n) is 7.71. The molecule has 1 aliphatic rings. The molecule has 0 saturated heterocycles. The van der Waals surface area contributed by atoms with Crippen molar-refractivity contribution in [2.24, 2.45) is 11.7 Å². The average Bonchev–Trinajstić information content (AvgIpc) is 2.32. The lowest BCUT2D eigenvalue weighted by molar-refractivity contribution is -0.124. The number of rotatable bonds is 11. The van der Waals surface area contributed by atoms with Gasteiger partial charge in [-0.25, -0.2) is 0 Å². The van der Waals surface area contributed by atoms with E-state index in [1.165, 1.54) is 25.7 Å². The summed E-state index contributed by atoms with van der Waals surface area (Å²) in [5, 5.41) is 3.24. The molecule has 4 heteroatoms. The number of nitrogens with one attached hydrogen (secondary N) is 1. The number of hydrogen-bond acceptors (Lipinski definition) is 3. The molecule has 112 valence electrons. The van der Waals surface area contributed by atoms with Crippen LogP contribution >= 0.6 is 0 Å². The minimum atomic E-state index is -0.590. The largest absolute Gasteiger partial charge is 0.381 e. The van der Waals surface area contributed by atoms with E-state index in [2.05, 4.69) is 12.2 Å². The Kier molecular flexibility index (Phi) is 7.39. The molecule has 1 amide bonds. The Bertz CT molecular complexity index is 267. The van der Waals surface area contributed by atoms with Gasteiger partial charge in [-0.05, 0) is 45.1 Å². The fourth-order valence-electron chi connectivity index (χ4n) is 2.36. The summed E-state index contributed by atoms with van der Waals surface area (Å²) in [6, 6.07) is 0. The average molecular weight is 270 g/mol. The summed E-state index contributed by atoms with van der Waals surface area (Å²) in [5.74, 6) is 0.637. The Balaban J connectivity index is 2.08. The Morgan fingerprint density at radius 1 is 1.42 bits per heavy atom. The summed E-state index contributed by atoms with van der Waals surface area (Å²) in [6.45, 7) is 6.38. The molecule has 0 spiro atoms.